The van der Waals surface area contributed by atoms with E-state index >= 15 is 0 Å². The highest BCUT2D eigenvalue weighted by Gasteiger charge is 2.22. The second-order valence-electron chi connectivity index (χ2n) is 6.06. The molecule has 0 aliphatic carbocycles. The standard InChI is InChI=1S/C21H23NO4/c1-5-22(13-15-10-11-18(24-3)19(12-15)25-4)21(23)20-14(2)16-8-6-7-9-17(16)26-20/h6-12H,5,13H2,1-4H3. The number of carbonyl (C=O) groups excluding carboxylic acids is 1. The lowest BCUT2D eigenvalue weighted by Gasteiger charge is -2.21. The molecule has 1 heterocycles. The van der Waals surface area contributed by atoms with Crippen LogP contribution in [-0.4, -0.2) is 31.6 Å². The summed E-state index contributed by atoms with van der Waals surface area (Å²) in [6, 6.07) is 13.4. The van der Waals surface area contributed by atoms with Crippen molar-refractivity contribution in [1.82, 2.24) is 4.90 Å². The molecule has 5 nitrogen and oxygen atoms in total. The van der Waals surface area contributed by atoms with E-state index in [1.54, 1.807) is 19.1 Å². The van der Waals surface area contributed by atoms with E-state index in [2.05, 4.69) is 0 Å². The molecule has 3 aromatic rings. The van der Waals surface area contributed by atoms with Crippen molar-refractivity contribution < 1.29 is 18.7 Å². The molecule has 1 aromatic heterocycles. The van der Waals surface area contributed by atoms with Crippen LogP contribution in [0.3, 0.4) is 0 Å². The number of fused-ring (bicyclic) bond motifs is 1. The molecule has 0 atom stereocenters. The van der Waals surface area contributed by atoms with Gasteiger partial charge in [0, 0.05) is 24.0 Å². The average Bonchev–Trinajstić information content (AvgIpc) is 3.02. The normalized spacial score (nSPS) is 10.8. The number of furan rings is 1. The van der Waals surface area contributed by atoms with E-state index in [1.807, 2.05) is 56.3 Å². The Morgan fingerprint density at radius 1 is 1.08 bits per heavy atom. The van der Waals surface area contributed by atoms with Gasteiger partial charge < -0.3 is 18.8 Å². The lowest BCUT2D eigenvalue weighted by molar-refractivity contribution is 0.0721. The van der Waals surface area contributed by atoms with Crippen molar-refractivity contribution in [2.45, 2.75) is 20.4 Å². The largest absolute Gasteiger partial charge is 0.493 e. The number of para-hydroxylation sites is 1. The maximum atomic E-state index is 13.0. The number of rotatable bonds is 6. The van der Waals surface area contributed by atoms with Gasteiger partial charge in [0.05, 0.1) is 14.2 Å². The Morgan fingerprint density at radius 2 is 1.81 bits per heavy atom. The first-order chi connectivity index (χ1) is 12.6. The fourth-order valence-electron chi connectivity index (χ4n) is 3.05. The summed E-state index contributed by atoms with van der Waals surface area (Å²) >= 11 is 0. The molecule has 3 rings (SSSR count). The van der Waals surface area contributed by atoms with Crippen molar-refractivity contribution in [3.8, 4) is 11.5 Å². The van der Waals surface area contributed by atoms with Crippen LogP contribution in [0.25, 0.3) is 11.0 Å². The number of amides is 1. The fourth-order valence-corrected chi connectivity index (χ4v) is 3.05. The third kappa shape index (κ3) is 3.25. The highest BCUT2D eigenvalue weighted by molar-refractivity contribution is 5.98. The van der Waals surface area contributed by atoms with Crippen molar-refractivity contribution in [3.63, 3.8) is 0 Å². The van der Waals surface area contributed by atoms with Crippen molar-refractivity contribution in [1.29, 1.82) is 0 Å². The minimum absolute atomic E-state index is 0.115. The summed E-state index contributed by atoms with van der Waals surface area (Å²) in [6.45, 7) is 4.91. The molecule has 1 amide bonds. The summed E-state index contributed by atoms with van der Waals surface area (Å²) in [7, 11) is 3.20. The first kappa shape index (κ1) is 17.9. The molecule has 0 bridgehead atoms. The number of hydrogen-bond donors (Lipinski definition) is 0. The third-order valence-electron chi connectivity index (χ3n) is 4.53. The maximum Gasteiger partial charge on any atom is 0.290 e. The average molecular weight is 353 g/mol. The van der Waals surface area contributed by atoms with E-state index in [-0.39, 0.29) is 5.91 Å². The molecule has 0 radical (unpaired) electrons. The highest BCUT2D eigenvalue weighted by atomic mass is 16.5. The van der Waals surface area contributed by atoms with Crippen molar-refractivity contribution in [3.05, 3.63) is 59.4 Å². The minimum Gasteiger partial charge on any atom is -0.493 e. The molecule has 0 saturated carbocycles. The Morgan fingerprint density at radius 3 is 2.46 bits per heavy atom. The van der Waals surface area contributed by atoms with E-state index in [9.17, 15) is 4.79 Å². The first-order valence-electron chi connectivity index (χ1n) is 8.57. The SMILES string of the molecule is CCN(Cc1ccc(OC)c(OC)c1)C(=O)c1oc2ccccc2c1C. The molecule has 0 aliphatic heterocycles. The zero-order valence-corrected chi connectivity index (χ0v) is 15.5. The van der Waals surface area contributed by atoms with Crippen LogP contribution >= 0.6 is 0 Å². The summed E-state index contributed by atoms with van der Waals surface area (Å²) in [4.78, 5) is 14.8. The lowest BCUT2D eigenvalue weighted by Crippen LogP contribution is -2.30. The summed E-state index contributed by atoms with van der Waals surface area (Å²) in [5, 5.41) is 0.970. The predicted molar refractivity (Wildman–Crippen MR) is 101 cm³/mol. The molecule has 5 heteroatoms. The number of hydrogen-bond acceptors (Lipinski definition) is 4. The second-order valence-corrected chi connectivity index (χ2v) is 6.06. The molecule has 0 spiro atoms. The fraction of sp³-hybridized carbons (Fsp3) is 0.286. The van der Waals surface area contributed by atoms with Crippen LogP contribution in [-0.2, 0) is 6.54 Å². The summed E-state index contributed by atoms with van der Waals surface area (Å²) in [5.41, 5.74) is 2.57. The number of ether oxygens (including phenoxy) is 2. The molecule has 0 saturated heterocycles. The molecule has 136 valence electrons. The van der Waals surface area contributed by atoms with Crippen molar-refractivity contribution in [2.75, 3.05) is 20.8 Å². The van der Waals surface area contributed by atoms with Gasteiger partial charge in [0.25, 0.3) is 5.91 Å². The molecule has 0 unspecified atom stereocenters. The molecular formula is C21H23NO4. The van der Waals surface area contributed by atoms with Gasteiger partial charge in [-0.25, -0.2) is 0 Å². The van der Waals surface area contributed by atoms with E-state index in [0.29, 0.717) is 30.3 Å². The van der Waals surface area contributed by atoms with Crippen LogP contribution in [0.1, 0.15) is 28.6 Å². The van der Waals surface area contributed by atoms with E-state index in [0.717, 1.165) is 22.1 Å². The molecule has 26 heavy (non-hydrogen) atoms. The number of nitrogens with zero attached hydrogens (tertiary/aromatic N) is 1. The Hall–Kier alpha value is -2.95. The van der Waals surface area contributed by atoms with Gasteiger partial charge in [-0.2, -0.15) is 0 Å². The van der Waals surface area contributed by atoms with Gasteiger partial charge in [-0.05, 0) is 37.6 Å². The lowest BCUT2D eigenvalue weighted by atomic mass is 10.1. The third-order valence-corrected chi connectivity index (χ3v) is 4.53. The smallest absolute Gasteiger partial charge is 0.290 e. The number of methoxy groups -OCH3 is 2. The minimum atomic E-state index is -0.115. The van der Waals surface area contributed by atoms with Gasteiger partial charge in [0.1, 0.15) is 5.58 Å². The maximum absolute atomic E-state index is 13.0. The van der Waals surface area contributed by atoms with Crippen LogP contribution in [0.2, 0.25) is 0 Å². The van der Waals surface area contributed by atoms with E-state index in [4.69, 9.17) is 13.9 Å². The predicted octanol–water partition coefficient (Wildman–Crippen LogP) is 4.42. The van der Waals surface area contributed by atoms with Gasteiger partial charge >= 0.3 is 0 Å². The number of benzene rings is 2. The van der Waals surface area contributed by atoms with E-state index < -0.39 is 0 Å². The van der Waals surface area contributed by atoms with Crippen molar-refractivity contribution >= 4 is 16.9 Å². The molecule has 0 aliphatic rings. The zero-order valence-electron chi connectivity index (χ0n) is 15.5. The molecule has 2 aromatic carbocycles. The molecular weight excluding hydrogens is 330 g/mol. The van der Waals surface area contributed by atoms with E-state index in [1.165, 1.54) is 0 Å². The van der Waals surface area contributed by atoms with Gasteiger partial charge in [-0.1, -0.05) is 24.3 Å². The van der Waals surface area contributed by atoms with Gasteiger partial charge in [-0.15, -0.1) is 0 Å². The van der Waals surface area contributed by atoms with Gasteiger partial charge in [-0.3, -0.25) is 4.79 Å². The van der Waals surface area contributed by atoms with Gasteiger partial charge in [0.15, 0.2) is 17.3 Å². The summed E-state index contributed by atoms with van der Waals surface area (Å²) in [6.07, 6.45) is 0. The quantitative estimate of drug-likeness (QED) is 0.658. The topological polar surface area (TPSA) is 51.9 Å². The first-order valence-corrected chi connectivity index (χ1v) is 8.57. The summed E-state index contributed by atoms with van der Waals surface area (Å²) < 4.78 is 16.4. The van der Waals surface area contributed by atoms with Crippen molar-refractivity contribution in [2.24, 2.45) is 0 Å². The zero-order chi connectivity index (χ0) is 18.7. The number of aryl methyl sites for hydroxylation is 1. The van der Waals surface area contributed by atoms with Crippen LogP contribution in [0.5, 0.6) is 11.5 Å². The van der Waals surface area contributed by atoms with Crippen LogP contribution in [0, 0.1) is 6.92 Å². The Labute approximate surface area is 153 Å². The number of carbonyl (C=O) groups is 1. The Bertz CT molecular complexity index is 929. The Balaban J connectivity index is 1.88. The second kappa shape index (κ2) is 7.52. The Kier molecular flexibility index (Phi) is 5.16. The van der Waals surface area contributed by atoms with Crippen LogP contribution in [0.4, 0.5) is 0 Å². The van der Waals surface area contributed by atoms with Crippen LogP contribution < -0.4 is 9.47 Å². The molecule has 0 fully saturated rings. The van der Waals surface area contributed by atoms with Gasteiger partial charge in [0.2, 0.25) is 0 Å². The summed E-state index contributed by atoms with van der Waals surface area (Å²) in [5.74, 6) is 1.59. The van der Waals surface area contributed by atoms with Crippen LogP contribution in [0.15, 0.2) is 46.9 Å². The molecule has 0 N–H and O–H groups in total. The monoisotopic (exact) mass is 353 g/mol. The highest BCUT2D eigenvalue weighted by Crippen LogP contribution is 2.29.